The summed E-state index contributed by atoms with van der Waals surface area (Å²) >= 11 is 0. The van der Waals surface area contributed by atoms with Gasteiger partial charge in [-0.15, -0.1) is 0 Å². The maximum Gasteiger partial charge on any atom is 0.511 e. The third-order valence-electron chi connectivity index (χ3n) is 6.57. The van der Waals surface area contributed by atoms with Crippen molar-refractivity contribution in [3.05, 3.63) is 113 Å². The molecule has 0 saturated heterocycles. The number of aliphatic hydroxyl groups is 2. The molecule has 0 radical (unpaired) electrons. The number of benzene rings is 4. The van der Waals surface area contributed by atoms with Crippen LogP contribution in [0, 0.1) is 0 Å². The second-order valence-electron chi connectivity index (χ2n) is 9.66. The minimum absolute atomic E-state index is 0.0133. The van der Waals surface area contributed by atoms with Gasteiger partial charge in [-0.2, -0.15) is 0 Å². The Hall–Kier alpha value is -4.41. The Labute approximate surface area is 244 Å². The topological polar surface area (TPSA) is 138 Å². The molecule has 9 heteroatoms. The maximum atomic E-state index is 10.8. The van der Waals surface area contributed by atoms with Crippen LogP contribution in [-0.4, -0.2) is 52.9 Å². The van der Waals surface area contributed by atoms with Gasteiger partial charge in [-0.1, -0.05) is 48.5 Å². The van der Waals surface area contributed by atoms with Gasteiger partial charge in [0.15, 0.2) is 0 Å². The number of hydrogen-bond acceptors (Lipinski definition) is 8. The lowest BCUT2D eigenvalue weighted by molar-refractivity contribution is 0.0889. The van der Waals surface area contributed by atoms with Crippen LogP contribution in [0.25, 0.3) is 11.1 Å². The summed E-state index contributed by atoms with van der Waals surface area (Å²) in [4.78, 5) is 10.8. The van der Waals surface area contributed by atoms with Crippen LogP contribution in [-0.2, 0) is 24.4 Å². The lowest BCUT2D eigenvalue weighted by atomic mass is 10.0. The SMILES string of the molecule is O=C(O)Oc1cccc(-c2cccc(COCCOc3ccc(CCNC[C@H](O)c4ccc(O)c(CO)c4)cc3)c2)c1. The molecule has 0 aromatic heterocycles. The van der Waals surface area contributed by atoms with E-state index in [0.717, 1.165) is 34.4 Å². The van der Waals surface area contributed by atoms with Gasteiger partial charge in [0.25, 0.3) is 0 Å². The van der Waals surface area contributed by atoms with Crippen molar-refractivity contribution in [2.24, 2.45) is 0 Å². The summed E-state index contributed by atoms with van der Waals surface area (Å²) < 4.78 is 16.3. The van der Waals surface area contributed by atoms with E-state index in [4.69, 9.17) is 19.3 Å². The molecule has 0 aliphatic carbocycles. The molecule has 0 amide bonds. The summed E-state index contributed by atoms with van der Waals surface area (Å²) in [6.07, 6.45) is -1.31. The first-order valence-corrected chi connectivity index (χ1v) is 13.6. The summed E-state index contributed by atoms with van der Waals surface area (Å²) in [5.41, 5.74) is 4.93. The van der Waals surface area contributed by atoms with Gasteiger partial charge in [0.2, 0.25) is 0 Å². The first-order chi connectivity index (χ1) is 20.4. The van der Waals surface area contributed by atoms with Crippen molar-refractivity contribution in [1.82, 2.24) is 5.32 Å². The molecule has 220 valence electrons. The molecule has 4 aromatic carbocycles. The molecule has 4 aromatic rings. The molecule has 0 saturated carbocycles. The number of carbonyl (C=O) groups is 1. The number of phenols is 1. The van der Waals surface area contributed by atoms with Crippen LogP contribution in [0.5, 0.6) is 17.2 Å². The Bertz CT molecular complexity index is 1440. The third-order valence-corrected chi connectivity index (χ3v) is 6.57. The van der Waals surface area contributed by atoms with E-state index in [0.29, 0.717) is 44.0 Å². The zero-order chi connectivity index (χ0) is 29.7. The van der Waals surface area contributed by atoms with Gasteiger partial charge in [0.1, 0.15) is 23.9 Å². The van der Waals surface area contributed by atoms with Crippen LogP contribution in [0.3, 0.4) is 0 Å². The van der Waals surface area contributed by atoms with E-state index in [1.54, 1.807) is 30.3 Å². The molecule has 0 aliphatic heterocycles. The van der Waals surface area contributed by atoms with Gasteiger partial charge in [-0.3, -0.25) is 0 Å². The van der Waals surface area contributed by atoms with E-state index < -0.39 is 12.3 Å². The van der Waals surface area contributed by atoms with Crippen molar-refractivity contribution in [3.8, 4) is 28.4 Å². The quantitative estimate of drug-likeness (QED) is 0.0750. The fraction of sp³-hybridized carbons (Fsp3) is 0.242. The second-order valence-corrected chi connectivity index (χ2v) is 9.66. The standard InChI is InChI=1S/C33H35NO8/c35-21-28-18-27(9-12-31(28)36)32(37)20-34-14-13-23-7-10-29(11-8-23)41-16-15-40-22-24-3-1-4-25(17-24)26-5-2-6-30(19-26)42-33(38)39/h1-12,17-19,32,34-37H,13-16,20-22H2,(H,38,39)/t32-/m0/s1. The van der Waals surface area contributed by atoms with Crippen LogP contribution in [0.15, 0.2) is 91.0 Å². The number of ether oxygens (including phenoxy) is 3. The normalized spacial score (nSPS) is 11.7. The van der Waals surface area contributed by atoms with Gasteiger partial charge in [0, 0.05) is 12.1 Å². The molecule has 42 heavy (non-hydrogen) atoms. The van der Waals surface area contributed by atoms with Crippen molar-refractivity contribution >= 4 is 6.16 Å². The molecule has 4 rings (SSSR count). The van der Waals surface area contributed by atoms with Crippen LogP contribution in [0.1, 0.15) is 28.4 Å². The lowest BCUT2D eigenvalue weighted by Crippen LogP contribution is -2.23. The highest BCUT2D eigenvalue weighted by atomic mass is 16.7. The van der Waals surface area contributed by atoms with Crippen molar-refractivity contribution in [2.75, 3.05) is 26.3 Å². The van der Waals surface area contributed by atoms with Crippen molar-refractivity contribution in [3.63, 3.8) is 0 Å². The summed E-state index contributed by atoms with van der Waals surface area (Å²) in [6, 6.07) is 27.3. The van der Waals surface area contributed by atoms with Crippen LogP contribution in [0.4, 0.5) is 4.79 Å². The zero-order valence-electron chi connectivity index (χ0n) is 23.1. The van der Waals surface area contributed by atoms with Gasteiger partial charge >= 0.3 is 6.16 Å². The minimum Gasteiger partial charge on any atom is -0.508 e. The summed E-state index contributed by atoms with van der Waals surface area (Å²) in [5, 5.41) is 41.4. The molecular formula is C33H35NO8. The molecule has 5 N–H and O–H groups in total. The number of aliphatic hydroxyl groups excluding tert-OH is 2. The van der Waals surface area contributed by atoms with Gasteiger partial charge in [-0.25, -0.2) is 4.79 Å². The molecule has 0 fully saturated rings. The number of hydrogen-bond donors (Lipinski definition) is 5. The van der Waals surface area contributed by atoms with Crippen LogP contribution < -0.4 is 14.8 Å². The lowest BCUT2D eigenvalue weighted by Gasteiger charge is -2.14. The summed E-state index contributed by atoms with van der Waals surface area (Å²) in [6.45, 7) is 1.99. The molecule has 0 heterocycles. The molecule has 1 atom stereocenters. The van der Waals surface area contributed by atoms with Crippen molar-refractivity contribution in [1.29, 1.82) is 0 Å². The van der Waals surface area contributed by atoms with E-state index in [1.165, 1.54) is 6.07 Å². The molecule has 0 aliphatic rings. The predicted octanol–water partition coefficient (Wildman–Crippen LogP) is 5.07. The van der Waals surface area contributed by atoms with Gasteiger partial charge in [0.05, 0.1) is 25.9 Å². The zero-order valence-corrected chi connectivity index (χ0v) is 23.1. The van der Waals surface area contributed by atoms with E-state index in [9.17, 15) is 20.1 Å². The highest BCUT2D eigenvalue weighted by molar-refractivity contribution is 5.68. The van der Waals surface area contributed by atoms with E-state index in [1.807, 2.05) is 54.6 Å². The largest absolute Gasteiger partial charge is 0.511 e. The fourth-order valence-corrected chi connectivity index (χ4v) is 4.37. The maximum absolute atomic E-state index is 10.8. The predicted molar refractivity (Wildman–Crippen MR) is 158 cm³/mol. The van der Waals surface area contributed by atoms with Crippen molar-refractivity contribution < 1.29 is 39.4 Å². The first kappa shape index (κ1) is 30.5. The second kappa shape index (κ2) is 15.6. The molecule has 0 spiro atoms. The van der Waals surface area contributed by atoms with E-state index in [-0.39, 0.29) is 18.1 Å². The van der Waals surface area contributed by atoms with Gasteiger partial charge in [-0.05, 0) is 83.2 Å². The fourth-order valence-electron chi connectivity index (χ4n) is 4.37. The Balaban J connectivity index is 1.13. The molecule has 0 bridgehead atoms. The number of aromatic hydroxyl groups is 1. The third kappa shape index (κ3) is 9.32. The number of rotatable bonds is 15. The van der Waals surface area contributed by atoms with E-state index >= 15 is 0 Å². The van der Waals surface area contributed by atoms with Crippen LogP contribution in [0.2, 0.25) is 0 Å². The highest BCUT2D eigenvalue weighted by Gasteiger charge is 2.10. The summed E-state index contributed by atoms with van der Waals surface area (Å²) in [5.74, 6) is 1.03. The summed E-state index contributed by atoms with van der Waals surface area (Å²) in [7, 11) is 0. The Morgan fingerprint density at radius 2 is 1.60 bits per heavy atom. The highest BCUT2D eigenvalue weighted by Crippen LogP contribution is 2.25. The average molecular weight is 574 g/mol. The smallest absolute Gasteiger partial charge is 0.508 e. The van der Waals surface area contributed by atoms with Crippen LogP contribution >= 0.6 is 0 Å². The Morgan fingerprint density at radius 1 is 0.833 bits per heavy atom. The number of carboxylic acid groups (broad SMARTS) is 1. The van der Waals surface area contributed by atoms with Crippen molar-refractivity contribution in [2.45, 2.75) is 25.7 Å². The number of nitrogens with one attached hydrogen (secondary N) is 1. The monoisotopic (exact) mass is 573 g/mol. The first-order valence-electron chi connectivity index (χ1n) is 13.6. The van der Waals surface area contributed by atoms with E-state index in [2.05, 4.69) is 5.32 Å². The molecular weight excluding hydrogens is 538 g/mol. The molecule has 9 nitrogen and oxygen atoms in total. The molecule has 0 unspecified atom stereocenters. The van der Waals surface area contributed by atoms with Gasteiger partial charge < -0.3 is 40.0 Å². The Morgan fingerprint density at radius 3 is 2.36 bits per heavy atom. The minimum atomic E-state index is -1.35. The average Bonchev–Trinajstić information content (AvgIpc) is 3.00. The Kier molecular flexibility index (Phi) is 11.3.